The van der Waals surface area contributed by atoms with Gasteiger partial charge in [-0.25, -0.2) is 4.98 Å². The molecule has 1 fully saturated rings. The summed E-state index contributed by atoms with van der Waals surface area (Å²) in [6.45, 7) is 2.25. The number of thiazole rings is 1. The van der Waals surface area contributed by atoms with Crippen molar-refractivity contribution in [3.63, 3.8) is 0 Å². The molecule has 16 heavy (non-hydrogen) atoms. The Kier molecular flexibility index (Phi) is 2.56. The van der Waals surface area contributed by atoms with Gasteiger partial charge in [-0.3, -0.25) is 0 Å². The maximum absolute atomic E-state index is 4.59. The predicted octanol–water partition coefficient (Wildman–Crippen LogP) is 3.90. The van der Waals surface area contributed by atoms with Gasteiger partial charge in [0.15, 0.2) is 5.13 Å². The zero-order valence-electron chi connectivity index (χ0n) is 9.44. The highest BCUT2D eigenvalue weighted by atomic mass is 32.1. The molecule has 0 bridgehead atoms. The van der Waals surface area contributed by atoms with Crippen LogP contribution >= 0.6 is 11.3 Å². The molecule has 1 aliphatic rings. The molecule has 1 aliphatic carbocycles. The normalized spacial score (nSPS) is 17.6. The third-order valence-corrected chi connectivity index (χ3v) is 4.02. The van der Waals surface area contributed by atoms with Crippen LogP contribution in [0.4, 0.5) is 5.13 Å². The van der Waals surface area contributed by atoms with Crippen molar-refractivity contribution in [3.05, 3.63) is 24.3 Å². The zero-order chi connectivity index (χ0) is 11.0. The summed E-state index contributed by atoms with van der Waals surface area (Å²) in [7, 11) is 0. The number of nitrogens with zero attached hydrogens (tertiary/aromatic N) is 1. The first-order chi connectivity index (χ1) is 7.81. The quantitative estimate of drug-likeness (QED) is 0.865. The van der Waals surface area contributed by atoms with Crippen LogP contribution in [0.2, 0.25) is 0 Å². The highest BCUT2D eigenvalue weighted by Gasteiger charge is 2.23. The standard InChI is InChI=1S/C13H16N2S/c1-9(8-10-6-7-10)14-13-15-11-4-2-3-5-12(11)16-13/h2-5,9-10H,6-8H2,1H3,(H,14,15). The van der Waals surface area contributed by atoms with Crippen LogP contribution in [-0.2, 0) is 0 Å². The van der Waals surface area contributed by atoms with Gasteiger partial charge >= 0.3 is 0 Å². The maximum atomic E-state index is 4.59. The first-order valence-corrected chi connectivity index (χ1v) is 6.75. The van der Waals surface area contributed by atoms with Crippen LogP contribution in [0, 0.1) is 5.92 Å². The summed E-state index contributed by atoms with van der Waals surface area (Å²) in [5.74, 6) is 0.969. The van der Waals surface area contributed by atoms with Gasteiger partial charge in [0.05, 0.1) is 10.2 Å². The zero-order valence-corrected chi connectivity index (χ0v) is 10.3. The van der Waals surface area contributed by atoms with Gasteiger partial charge in [0.2, 0.25) is 0 Å². The van der Waals surface area contributed by atoms with Gasteiger partial charge in [0.1, 0.15) is 0 Å². The van der Waals surface area contributed by atoms with Crippen LogP contribution < -0.4 is 5.32 Å². The van der Waals surface area contributed by atoms with Crippen molar-refractivity contribution >= 4 is 26.7 Å². The monoisotopic (exact) mass is 232 g/mol. The SMILES string of the molecule is CC(CC1CC1)Nc1nc2ccccc2s1. The van der Waals surface area contributed by atoms with E-state index in [0.717, 1.165) is 16.6 Å². The van der Waals surface area contributed by atoms with Gasteiger partial charge in [-0.2, -0.15) is 0 Å². The first kappa shape index (κ1) is 10.1. The van der Waals surface area contributed by atoms with Crippen molar-refractivity contribution in [2.24, 2.45) is 5.92 Å². The lowest BCUT2D eigenvalue weighted by atomic mass is 10.2. The minimum absolute atomic E-state index is 0.549. The highest BCUT2D eigenvalue weighted by molar-refractivity contribution is 7.22. The number of hydrogen-bond acceptors (Lipinski definition) is 3. The molecule has 0 amide bonds. The number of anilines is 1. The summed E-state index contributed by atoms with van der Waals surface area (Å²) in [6, 6.07) is 8.86. The Morgan fingerprint density at radius 1 is 1.44 bits per heavy atom. The first-order valence-electron chi connectivity index (χ1n) is 5.93. The van der Waals surface area contributed by atoms with E-state index in [0.29, 0.717) is 6.04 Å². The Labute approximate surface area is 99.7 Å². The van der Waals surface area contributed by atoms with E-state index in [4.69, 9.17) is 0 Å². The minimum Gasteiger partial charge on any atom is -0.359 e. The Bertz CT molecular complexity index is 454. The average Bonchev–Trinajstić information content (AvgIpc) is 2.97. The van der Waals surface area contributed by atoms with Crippen molar-refractivity contribution < 1.29 is 0 Å². The van der Waals surface area contributed by atoms with Crippen LogP contribution in [0.1, 0.15) is 26.2 Å². The predicted molar refractivity (Wildman–Crippen MR) is 70.0 cm³/mol. The van der Waals surface area contributed by atoms with Gasteiger partial charge in [0, 0.05) is 6.04 Å². The van der Waals surface area contributed by atoms with Crippen LogP contribution in [0.15, 0.2) is 24.3 Å². The van der Waals surface area contributed by atoms with Crippen LogP contribution in [0.3, 0.4) is 0 Å². The Morgan fingerprint density at radius 2 is 2.25 bits per heavy atom. The lowest BCUT2D eigenvalue weighted by Gasteiger charge is -2.11. The van der Waals surface area contributed by atoms with E-state index >= 15 is 0 Å². The number of rotatable bonds is 4. The molecule has 0 saturated heterocycles. The molecule has 1 saturated carbocycles. The summed E-state index contributed by atoms with van der Waals surface area (Å²) in [4.78, 5) is 4.59. The Balaban J connectivity index is 1.72. The van der Waals surface area contributed by atoms with E-state index in [1.54, 1.807) is 11.3 Å². The van der Waals surface area contributed by atoms with Crippen molar-refractivity contribution in [1.82, 2.24) is 4.98 Å². The van der Waals surface area contributed by atoms with Crippen LogP contribution in [0.25, 0.3) is 10.2 Å². The number of aromatic nitrogens is 1. The van der Waals surface area contributed by atoms with E-state index in [9.17, 15) is 0 Å². The van der Waals surface area contributed by atoms with E-state index in [-0.39, 0.29) is 0 Å². The van der Waals surface area contributed by atoms with Gasteiger partial charge in [-0.05, 0) is 31.4 Å². The lowest BCUT2D eigenvalue weighted by Crippen LogP contribution is -2.15. The molecule has 1 atom stereocenters. The number of nitrogens with one attached hydrogen (secondary N) is 1. The van der Waals surface area contributed by atoms with E-state index < -0.39 is 0 Å². The van der Waals surface area contributed by atoms with E-state index in [1.807, 2.05) is 6.07 Å². The summed E-state index contributed by atoms with van der Waals surface area (Å²) in [5, 5.41) is 4.57. The second-order valence-corrected chi connectivity index (χ2v) is 5.74. The number of fused-ring (bicyclic) bond motifs is 1. The van der Waals surface area contributed by atoms with Gasteiger partial charge in [-0.1, -0.05) is 36.3 Å². The summed E-state index contributed by atoms with van der Waals surface area (Å²) in [5.41, 5.74) is 1.11. The molecule has 1 N–H and O–H groups in total. The summed E-state index contributed by atoms with van der Waals surface area (Å²) < 4.78 is 1.27. The molecular weight excluding hydrogens is 216 g/mol. The molecule has 2 aromatic rings. The van der Waals surface area contributed by atoms with Crippen LogP contribution in [-0.4, -0.2) is 11.0 Å². The fraction of sp³-hybridized carbons (Fsp3) is 0.462. The fourth-order valence-electron chi connectivity index (χ4n) is 2.06. The van der Waals surface area contributed by atoms with E-state index in [1.165, 1.54) is 24.0 Å². The Morgan fingerprint density at radius 3 is 3.00 bits per heavy atom. The van der Waals surface area contributed by atoms with Crippen LogP contribution in [0.5, 0.6) is 0 Å². The fourth-order valence-corrected chi connectivity index (χ4v) is 3.03. The smallest absolute Gasteiger partial charge is 0.183 e. The molecule has 0 radical (unpaired) electrons. The second-order valence-electron chi connectivity index (χ2n) is 4.71. The molecule has 3 heteroatoms. The average molecular weight is 232 g/mol. The third kappa shape index (κ3) is 2.19. The largest absolute Gasteiger partial charge is 0.359 e. The molecule has 0 aliphatic heterocycles. The molecule has 0 spiro atoms. The second kappa shape index (κ2) is 4.06. The van der Waals surface area contributed by atoms with Crippen molar-refractivity contribution in [2.75, 3.05) is 5.32 Å². The summed E-state index contributed by atoms with van der Waals surface area (Å²) in [6.07, 6.45) is 4.13. The number of para-hydroxylation sites is 1. The molecule has 3 rings (SSSR count). The minimum atomic E-state index is 0.549. The summed E-state index contributed by atoms with van der Waals surface area (Å²) >= 11 is 1.75. The van der Waals surface area contributed by atoms with Gasteiger partial charge in [-0.15, -0.1) is 0 Å². The van der Waals surface area contributed by atoms with E-state index in [2.05, 4.69) is 35.4 Å². The van der Waals surface area contributed by atoms with Crippen molar-refractivity contribution in [2.45, 2.75) is 32.2 Å². The Hall–Kier alpha value is -1.09. The molecule has 1 aromatic carbocycles. The topological polar surface area (TPSA) is 24.9 Å². The van der Waals surface area contributed by atoms with Gasteiger partial charge in [0.25, 0.3) is 0 Å². The molecule has 84 valence electrons. The van der Waals surface area contributed by atoms with Crippen molar-refractivity contribution in [1.29, 1.82) is 0 Å². The lowest BCUT2D eigenvalue weighted by molar-refractivity contribution is 0.642. The number of hydrogen-bond donors (Lipinski definition) is 1. The molecule has 1 unspecified atom stereocenters. The molecule has 1 aromatic heterocycles. The number of benzene rings is 1. The van der Waals surface area contributed by atoms with Crippen molar-refractivity contribution in [3.8, 4) is 0 Å². The third-order valence-electron chi connectivity index (χ3n) is 3.05. The highest BCUT2D eigenvalue weighted by Crippen LogP contribution is 2.34. The van der Waals surface area contributed by atoms with Gasteiger partial charge < -0.3 is 5.32 Å². The molecule has 2 nitrogen and oxygen atoms in total. The molecule has 1 heterocycles. The molecular formula is C13H16N2S. The maximum Gasteiger partial charge on any atom is 0.183 e.